The third kappa shape index (κ3) is 4.14. The number of fused-ring (bicyclic) bond motifs is 1. The molecule has 1 aliphatic carbocycles. The number of benzene rings is 1. The SMILES string of the molecule is Fc1cnc(Nc2c(F)cccc2F)cc1-c1nc(N2CCNCC2)c2c(C3CC3)cncc2n1. The minimum atomic E-state index is -0.778. The number of piperazine rings is 1. The molecule has 1 aliphatic heterocycles. The average molecular weight is 477 g/mol. The molecule has 6 rings (SSSR count). The molecule has 2 N–H and O–H groups in total. The Morgan fingerprint density at radius 1 is 0.943 bits per heavy atom. The van der Waals surface area contributed by atoms with E-state index in [0.29, 0.717) is 11.4 Å². The first-order chi connectivity index (χ1) is 17.1. The smallest absolute Gasteiger partial charge is 0.165 e. The highest BCUT2D eigenvalue weighted by Crippen LogP contribution is 2.45. The Bertz CT molecular complexity index is 1400. The standard InChI is InChI=1S/C25H22F3N7/c26-17-2-1-3-18(27)23(17)33-21-10-15(19(28)12-31-21)24-32-20-13-30-11-16(14-4-5-14)22(20)25(34-24)35-8-6-29-7-9-35/h1-3,10-14,29H,4-9H2,(H,31,33). The molecule has 35 heavy (non-hydrogen) atoms. The number of hydrogen-bond donors (Lipinski definition) is 2. The predicted octanol–water partition coefficient (Wildman–Crippen LogP) is 4.53. The van der Waals surface area contributed by atoms with Gasteiger partial charge in [-0.2, -0.15) is 0 Å². The molecule has 0 amide bonds. The molecule has 2 aliphatic rings. The zero-order valence-electron chi connectivity index (χ0n) is 18.7. The molecule has 178 valence electrons. The first kappa shape index (κ1) is 21.7. The molecule has 3 aromatic heterocycles. The first-order valence-electron chi connectivity index (χ1n) is 11.6. The number of anilines is 3. The summed E-state index contributed by atoms with van der Waals surface area (Å²) in [6.45, 7) is 3.15. The molecule has 0 radical (unpaired) electrons. The van der Waals surface area contributed by atoms with Crippen LogP contribution in [-0.4, -0.2) is 46.1 Å². The lowest BCUT2D eigenvalue weighted by atomic mass is 10.1. The molecule has 4 aromatic rings. The van der Waals surface area contributed by atoms with Gasteiger partial charge in [0.05, 0.1) is 23.5 Å². The lowest BCUT2D eigenvalue weighted by Crippen LogP contribution is -2.44. The summed E-state index contributed by atoms with van der Waals surface area (Å²) < 4.78 is 43.3. The van der Waals surface area contributed by atoms with E-state index in [4.69, 9.17) is 4.98 Å². The second-order valence-corrected chi connectivity index (χ2v) is 8.78. The van der Waals surface area contributed by atoms with E-state index in [-0.39, 0.29) is 22.9 Å². The second kappa shape index (κ2) is 8.77. The van der Waals surface area contributed by atoms with Crippen molar-refractivity contribution in [3.8, 4) is 11.4 Å². The van der Waals surface area contributed by atoms with Gasteiger partial charge in [0.1, 0.15) is 29.0 Å². The van der Waals surface area contributed by atoms with Crippen molar-refractivity contribution < 1.29 is 13.2 Å². The minimum Gasteiger partial charge on any atom is -0.353 e. The number of pyridine rings is 2. The van der Waals surface area contributed by atoms with Crippen molar-refractivity contribution in [2.24, 2.45) is 0 Å². The summed E-state index contributed by atoms with van der Waals surface area (Å²) in [6, 6.07) is 4.89. The molecule has 0 atom stereocenters. The normalized spacial score (nSPS) is 16.0. The van der Waals surface area contributed by atoms with E-state index in [9.17, 15) is 13.2 Å². The number of rotatable bonds is 5. The first-order valence-corrected chi connectivity index (χ1v) is 11.6. The average Bonchev–Trinajstić information content (AvgIpc) is 3.72. The van der Waals surface area contributed by atoms with Crippen LogP contribution in [0.2, 0.25) is 0 Å². The van der Waals surface area contributed by atoms with E-state index in [1.807, 2.05) is 6.20 Å². The number of para-hydroxylation sites is 1. The monoisotopic (exact) mass is 477 g/mol. The van der Waals surface area contributed by atoms with Crippen molar-refractivity contribution in [3.63, 3.8) is 0 Å². The Kier molecular flexibility index (Phi) is 5.44. The molecular formula is C25H22F3N7. The molecular weight excluding hydrogens is 455 g/mol. The van der Waals surface area contributed by atoms with E-state index < -0.39 is 17.5 Å². The topological polar surface area (TPSA) is 78.9 Å². The molecule has 7 nitrogen and oxygen atoms in total. The summed E-state index contributed by atoms with van der Waals surface area (Å²) in [7, 11) is 0. The summed E-state index contributed by atoms with van der Waals surface area (Å²) in [5.74, 6) is -0.770. The Morgan fingerprint density at radius 2 is 1.71 bits per heavy atom. The van der Waals surface area contributed by atoms with E-state index in [0.717, 1.165) is 74.1 Å². The van der Waals surface area contributed by atoms with Crippen LogP contribution in [-0.2, 0) is 0 Å². The van der Waals surface area contributed by atoms with E-state index in [1.165, 1.54) is 12.1 Å². The fourth-order valence-electron chi connectivity index (χ4n) is 4.44. The molecule has 1 saturated heterocycles. The fraction of sp³-hybridized carbons (Fsp3) is 0.280. The maximum Gasteiger partial charge on any atom is 0.165 e. The number of aromatic nitrogens is 4. The van der Waals surface area contributed by atoms with Crippen molar-refractivity contribution in [2.75, 3.05) is 36.4 Å². The lowest BCUT2D eigenvalue weighted by Gasteiger charge is -2.30. The molecule has 0 spiro atoms. The van der Waals surface area contributed by atoms with Crippen LogP contribution in [0.4, 0.5) is 30.5 Å². The van der Waals surface area contributed by atoms with Crippen molar-refractivity contribution in [1.82, 2.24) is 25.3 Å². The van der Waals surface area contributed by atoms with Crippen LogP contribution in [0.1, 0.15) is 24.3 Å². The quantitative estimate of drug-likeness (QED) is 0.437. The zero-order valence-corrected chi connectivity index (χ0v) is 18.7. The molecule has 1 saturated carbocycles. The third-order valence-electron chi connectivity index (χ3n) is 6.36. The highest BCUT2D eigenvalue weighted by Gasteiger charge is 2.29. The second-order valence-electron chi connectivity index (χ2n) is 8.78. The Hall–Kier alpha value is -3.79. The summed E-state index contributed by atoms with van der Waals surface area (Å²) in [6.07, 6.45) is 6.75. The van der Waals surface area contributed by atoms with Gasteiger partial charge in [-0.1, -0.05) is 6.07 Å². The van der Waals surface area contributed by atoms with E-state index >= 15 is 0 Å². The summed E-state index contributed by atoms with van der Waals surface area (Å²) in [5.41, 5.74) is 1.47. The van der Waals surface area contributed by atoms with E-state index in [1.54, 1.807) is 6.20 Å². The Morgan fingerprint density at radius 3 is 2.46 bits per heavy atom. The van der Waals surface area contributed by atoms with Gasteiger partial charge in [-0.25, -0.2) is 28.1 Å². The van der Waals surface area contributed by atoms with Gasteiger partial charge < -0.3 is 15.5 Å². The van der Waals surface area contributed by atoms with Gasteiger partial charge in [-0.05, 0) is 42.5 Å². The van der Waals surface area contributed by atoms with Crippen molar-refractivity contribution >= 4 is 28.2 Å². The number of nitrogens with zero attached hydrogens (tertiary/aromatic N) is 5. The summed E-state index contributed by atoms with van der Waals surface area (Å²) in [5, 5.41) is 6.91. The maximum atomic E-state index is 15.0. The molecule has 4 heterocycles. The van der Waals surface area contributed by atoms with Gasteiger partial charge >= 0.3 is 0 Å². The van der Waals surface area contributed by atoms with Crippen LogP contribution in [0.3, 0.4) is 0 Å². The van der Waals surface area contributed by atoms with Crippen molar-refractivity contribution in [2.45, 2.75) is 18.8 Å². The number of halogens is 3. The van der Waals surface area contributed by atoms with E-state index in [2.05, 4.69) is 30.5 Å². The predicted molar refractivity (Wildman–Crippen MR) is 127 cm³/mol. The Balaban J connectivity index is 1.48. The van der Waals surface area contributed by atoms with Gasteiger partial charge in [-0.15, -0.1) is 0 Å². The minimum absolute atomic E-state index is 0.0719. The van der Waals surface area contributed by atoms with Crippen LogP contribution in [0, 0.1) is 17.5 Å². The molecule has 1 aromatic carbocycles. The van der Waals surface area contributed by atoms with Crippen LogP contribution in [0.15, 0.2) is 42.9 Å². The zero-order chi connectivity index (χ0) is 23.9. The third-order valence-corrected chi connectivity index (χ3v) is 6.36. The highest BCUT2D eigenvalue weighted by atomic mass is 19.1. The number of nitrogens with one attached hydrogen (secondary N) is 2. The van der Waals surface area contributed by atoms with Gasteiger partial charge in [0.25, 0.3) is 0 Å². The molecule has 0 unspecified atom stereocenters. The molecule has 0 bridgehead atoms. The fourth-order valence-corrected chi connectivity index (χ4v) is 4.44. The van der Waals surface area contributed by atoms with Crippen LogP contribution in [0.5, 0.6) is 0 Å². The van der Waals surface area contributed by atoms with Crippen LogP contribution < -0.4 is 15.5 Å². The van der Waals surface area contributed by atoms with Gasteiger partial charge in [0.2, 0.25) is 0 Å². The summed E-state index contributed by atoms with van der Waals surface area (Å²) >= 11 is 0. The van der Waals surface area contributed by atoms with Crippen molar-refractivity contribution in [1.29, 1.82) is 0 Å². The number of hydrogen-bond acceptors (Lipinski definition) is 7. The molecule has 10 heteroatoms. The van der Waals surface area contributed by atoms with Crippen LogP contribution in [0.25, 0.3) is 22.3 Å². The van der Waals surface area contributed by atoms with Gasteiger partial charge in [0, 0.05) is 37.8 Å². The highest BCUT2D eigenvalue weighted by molar-refractivity contribution is 5.94. The van der Waals surface area contributed by atoms with Gasteiger partial charge in [0.15, 0.2) is 11.6 Å². The maximum absolute atomic E-state index is 15.0. The van der Waals surface area contributed by atoms with Gasteiger partial charge in [-0.3, -0.25) is 4.98 Å². The van der Waals surface area contributed by atoms with Crippen molar-refractivity contribution in [3.05, 3.63) is 65.9 Å². The Labute approximate surface area is 199 Å². The molecule has 2 fully saturated rings. The summed E-state index contributed by atoms with van der Waals surface area (Å²) in [4.78, 5) is 20.0. The largest absolute Gasteiger partial charge is 0.353 e. The van der Waals surface area contributed by atoms with Crippen LogP contribution >= 0.6 is 0 Å². The lowest BCUT2D eigenvalue weighted by molar-refractivity contribution is 0.586.